The van der Waals surface area contributed by atoms with Crippen molar-refractivity contribution in [3.63, 3.8) is 0 Å². The summed E-state index contributed by atoms with van der Waals surface area (Å²) in [6.07, 6.45) is 0.901. The summed E-state index contributed by atoms with van der Waals surface area (Å²) < 4.78 is 10.6. The summed E-state index contributed by atoms with van der Waals surface area (Å²) in [4.78, 5) is 23.2. The molecule has 23 heavy (non-hydrogen) atoms. The summed E-state index contributed by atoms with van der Waals surface area (Å²) in [6, 6.07) is 7.26. The third kappa shape index (κ3) is 8.70. The summed E-state index contributed by atoms with van der Waals surface area (Å²) in [5.74, 6) is 1.15. The maximum atomic E-state index is 11.6. The molecule has 2 N–H and O–H groups in total. The molecule has 0 saturated carbocycles. The van der Waals surface area contributed by atoms with Gasteiger partial charge in [0, 0.05) is 12.0 Å². The van der Waals surface area contributed by atoms with E-state index in [1.54, 1.807) is 7.11 Å². The van der Waals surface area contributed by atoms with Gasteiger partial charge in [-0.25, -0.2) is 0 Å². The van der Waals surface area contributed by atoms with E-state index < -0.39 is 0 Å². The van der Waals surface area contributed by atoms with Crippen molar-refractivity contribution in [3.8, 4) is 11.5 Å². The monoisotopic (exact) mass is 322 g/mol. The lowest BCUT2D eigenvalue weighted by Crippen LogP contribution is -2.45. The van der Waals surface area contributed by atoms with Crippen molar-refractivity contribution in [2.24, 2.45) is 0 Å². The summed E-state index contributed by atoms with van der Waals surface area (Å²) in [5.41, 5.74) is -0.298. The zero-order valence-electron chi connectivity index (χ0n) is 14.3. The van der Waals surface area contributed by atoms with Gasteiger partial charge in [-0.1, -0.05) is 0 Å². The highest BCUT2D eigenvalue weighted by Gasteiger charge is 2.14. The van der Waals surface area contributed by atoms with Crippen molar-refractivity contribution in [1.29, 1.82) is 0 Å². The van der Waals surface area contributed by atoms with E-state index >= 15 is 0 Å². The fraction of sp³-hybridized carbons (Fsp3) is 0.529. The highest BCUT2D eigenvalue weighted by molar-refractivity contribution is 5.84. The van der Waals surface area contributed by atoms with Crippen LogP contribution in [0, 0.1) is 0 Å². The van der Waals surface area contributed by atoms with Gasteiger partial charge >= 0.3 is 0 Å². The Morgan fingerprint density at radius 1 is 1.04 bits per heavy atom. The van der Waals surface area contributed by atoms with Gasteiger partial charge in [-0.3, -0.25) is 9.59 Å². The van der Waals surface area contributed by atoms with E-state index in [2.05, 4.69) is 10.6 Å². The van der Waals surface area contributed by atoms with Crippen LogP contribution in [0.3, 0.4) is 0 Å². The van der Waals surface area contributed by atoms with Crippen molar-refractivity contribution in [3.05, 3.63) is 24.3 Å². The van der Waals surface area contributed by atoms with E-state index in [0.717, 1.165) is 11.5 Å². The molecule has 6 nitrogen and oxygen atoms in total. The van der Waals surface area contributed by atoms with Crippen LogP contribution in [0.4, 0.5) is 0 Å². The van der Waals surface area contributed by atoms with Gasteiger partial charge in [0.2, 0.25) is 11.8 Å². The smallest absolute Gasteiger partial charge is 0.239 e. The van der Waals surface area contributed by atoms with Gasteiger partial charge in [0.15, 0.2) is 0 Å². The number of carbonyl (C=O) groups is 2. The Balaban J connectivity index is 2.15. The summed E-state index contributed by atoms with van der Waals surface area (Å²) in [7, 11) is 1.61. The van der Waals surface area contributed by atoms with Crippen LogP contribution >= 0.6 is 0 Å². The molecule has 0 atom stereocenters. The fourth-order valence-electron chi connectivity index (χ4n) is 1.82. The molecule has 1 aromatic carbocycles. The average Bonchev–Trinajstić information content (AvgIpc) is 2.48. The van der Waals surface area contributed by atoms with Gasteiger partial charge in [-0.05, 0) is 51.5 Å². The molecule has 0 aromatic heterocycles. The lowest BCUT2D eigenvalue weighted by molar-refractivity contribution is -0.126. The minimum Gasteiger partial charge on any atom is -0.497 e. The van der Waals surface area contributed by atoms with Gasteiger partial charge in [0.1, 0.15) is 11.5 Å². The lowest BCUT2D eigenvalue weighted by atomic mass is 10.1. The van der Waals surface area contributed by atoms with Crippen LogP contribution in [-0.2, 0) is 9.59 Å². The van der Waals surface area contributed by atoms with E-state index in [0.29, 0.717) is 19.4 Å². The van der Waals surface area contributed by atoms with Crippen LogP contribution in [-0.4, -0.2) is 37.6 Å². The molecule has 0 saturated heterocycles. The van der Waals surface area contributed by atoms with Gasteiger partial charge in [-0.2, -0.15) is 0 Å². The Hall–Kier alpha value is -2.24. The minimum absolute atomic E-state index is 0.00452. The number of hydrogen-bond acceptors (Lipinski definition) is 4. The van der Waals surface area contributed by atoms with Gasteiger partial charge in [0.05, 0.1) is 20.3 Å². The summed E-state index contributed by atoms with van der Waals surface area (Å²) in [5, 5.41) is 5.38. The minimum atomic E-state index is -0.298. The first-order valence-corrected chi connectivity index (χ1v) is 7.65. The molecule has 0 aliphatic heterocycles. The van der Waals surface area contributed by atoms with Crippen molar-refractivity contribution in [1.82, 2.24) is 10.6 Å². The van der Waals surface area contributed by atoms with E-state index in [4.69, 9.17) is 9.47 Å². The van der Waals surface area contributed by atoms with E-state index in [1.807, 2.05) is 45.0 Å². The molecule has 6 heteroatoms. The van der Waals surface area contributed by atoms with E-state index in [-0.39, 0.29) is 23.9 Å². The quantitative estimate of drug-likeness (QED) is 0.717. The zero-order chi connectivity index (χ0) is 17.3. The first kappa shape index (κ1) is 18.8. The Labute approximate surface area is 137 Å². The zero-order valence-corrected chi connectivity index (χ0v) is 14.3. The first-order valence-electron chi connectivity index (χ1n) is 7.65. The normalized spacial score (nSPS) is 10.8. The highest BCUT2D eigenvalue weighted by atomic mass is 16.5. The molecular weight excluding hydrogens is 296 g/mol. The van der Waals surface area contributed by atoms with Crippen LogP contribution in [0.25, 0.3) is 0 Å². The Morgan fingerprint density at radius 3 is 2.22 bits per heavy atom. The molecule has 128 valence electrons. The van der Waals surface area contributed by atoms with Crippen molar-refractivity contribution in [2.45, 2.75) is 39.2 Å². The number of carbonyl (C=O) groups excluding carboxylic acids is 2. The number of rotatable bonds is 8. The predicted molar refractivity (Wildman–Crippen MR) is 88.6 cm³/mol. The van der Waals surface area contributed by atoms with Crippen LogP contribution < -0.4 is 20.1 Å². The molecule has 0 unspecified atom stereocenters. The maximum Gasteiger partial charge on any atom is 0.239 e. The van der Waals surface area contributed by atoms with E-state index in [1.165, 1.54) is 0 Å². The van der Waals surface area contributed by atoms with E-state index in [9.17, 15) is 9.59 Å². The predicted octanol–water partition coefficient (Wildman–Crippen LogP) is 1.89. The second-order valence-corrected chi connectivity index (χ2v) is 6.20. The molecule has 0 aliphatic carbocycles. The molecule has 1 aromatic rings. The number of methoxy groups -OCH3 is 1. The first-order chi connectivity index (χ1) is 10.8. The average molecular weight is 322 g/mol. The maximum absolute atomic E-state index is 11.6. The molecule has 1 rings (SSSR count). The molecule has 0 bridgehead atoms. The van der Waals surface area contributed by atoms with Crippen LogP contribution in [0.1, 0.15) is 33.6 Å². The molecule has 0 heterocycles. The van der Waals surface area contributed by atoms with Crippen LogP contribution in [0.2, 0.25) is 0 Å². The topological polar surface area (TPSA) is 76.7 Å². The molecular formula is C17H26N2O4. The summed E-state index contributed by atoms with van der Waals surface area (Å²) >= 11 is 0. The van der Waals surface area contributed by atoms with Gasteiger partial charge in [0.25, 0.3) is 0 Å². The lowest BCUT2D eigenvalue weighted by Gasteiger charge is -2.20. The number of nitrogens with one attached hydrogen (secondary N) is 2. The number of benzene rings is 1. The largest absolute Gasteiger partial charge is 0.497 e. The van der Waals surface area contributed by atoms with Crippen LogP contribution in [0.5, 0.6) is 11.5 Å². The Bertz CT molecular complexity index is 506. The Kier molecular flexibility index (Phi) is 7.38. The summed E-state index contributed by atoms with van der Waals surface area (Å²) in [6.45, 7) is 6.11. The molecule has 2 amide bonds. The Morgan fingerprint density at radius 2 is 1.65 bits per heavy atom. The second-order valence-electron chi connectivity index (χ2n) is 6.20. The van der Waals surface area contributed by atoms with Crippen molar-refractivity contribution in [2.75, 3.05) is 20.3 Å². The third-order valence-corrected chi connectivity index (χ3v) is 2.84. The molecule has 0 aliphatic rings. The molecule has 0 spiro atoms. The molecule has 0 fully saturated rings. The highest BCUT2D eigenvalue weighted by Crippen LogP contribution is 2.17. The third-order valence-electron chi connectivity index (χ3n) is 2.84. The van der Waals surface area contributed by atoms with Gasteiger partial charge < -0.3 is 20.1 Å². The standard InChI is InChI=1S/C17H26N2O4/c1-17(2,3)19-16(21)12-18-15(20)6-5-11-23-14-9-7-13(22-4)8-10-14/h7-10H,5-6,11-12H2,1-4H3,(H,18,20)(H,19,21). The molecule has 0 radical (unpaired) electrons. The number of amides is 2. The fourth-order valence-corrected chi connectivity index (χ4v) is 1.82. The van der Waals surface area contributed by atoms with Crippen molar-refractivity contribution < 1.29 is 19.1 Å². The van der Waals surface area contributed by atoms with Crippen LogP contribution in [0.15, 0.2) is 24.3 Å². The number of hydrogen-bond donors (Lipinski definition) is 2. The number of ether oxygens (including phenoxy) is 2. The van der Waals surface area contributed by atoms with Gasteiger partial charge in [-0.15, -0.1) is 0 Å². The SMILES string of the molecule is COc1ccc(OCCCC(=O)NCC(=O)NC(C)(C)C)cc1. The second kappa shape index (κ2) is 9.02. The van der Waals surface area contributed by atoms with Crippen molar-refractivity contribution >= 4 is 11.8 Å².